The van der Waals surface area contributed by atoms with E-state index in [0.717, 1.165) is 10.7 Å². The Kier molecular flexibility index (Phi) is 5.97. The molecule has 0 bridgehead atoms. The molecule has 0 aliphatic carbocycles. The van der Waals surface area contributed by atoms with Crippen LogP contribution in [-0.4, -0.2) is 18.4 Å². The quantitative estimate of drug-likeness (QED) is 0.452. The van der Waals surface area contributed by atoms with E-state index in [4.69, 9.17) is 20.8 Å². The van der Waals surface area contributed by atoms with Crippen molar-refractivity contribution in [3.8, 4) is 5.75 Å². The van der Waals surface area contributed by atoms with E-state index in [9.17, 15) is 9.59 Å². The molecule has 0 unspecified atom stereocenters. The molecule has 152 valence electrons. The van der Waals surface area contributed by atoms with Crippen LogP contribution in [0.3, 0.4) is 0 Å². The summed E-state index contributed by atoms with van der Waals surface area (Å²) >= 11 is 7.56. The van der Waals surface area contributed by atoms with Gasteiger partial charge in [0.05, 0.1) is 39.8 Å². The van der Waals surface area contributed by atoms with Crippen molar-refractivity contribution >= 4 is 46.4 Å². The van der Waals surface area contributed by atoms with Crippen molar-refractivity contribution in [2.24, 2.45) is 0 Å². The molecule has 0 atom stereocenters. The number of carbonyl (C=O) groups is 2. The molecule has 2 heterocycles. The number of para-hydroxylation sites is 1. The summed E-state index contributed by atoms with van der Waals surface area (Å²) in [5.74, 6) is 1.05. The first-order chi connectivity index (χ1) is 14.6. The lowest BCUT2D eigenvalue weighted by Crippen LogP contribution is -2.31. The summed E-state index contributed by atoms with van der Waals surface area (Å²) in [5, 5.41) is 0.336. The lowest BCUT2D eigenvalue weighted by molar-refractivity contribution is -0.119. The van der Waals surface area contributed by atoms with Gasteiger partial charge in [-0.3, -0.25) is 9.59 Å². The van der Waals surface area contributed by atoms with Gasteiger partial charge in [-0.25, -0.2) is 4.90 Å². The molecule has 5 nitrogen and oxygen atoms in total. The fourth-order valence-electron chi connectivity index (χ4n) is 3.17. The molecule has 0 saturated heterocycles. The number of rotatable bonds is 7. The Morgan fingerprint density at radius 1 is 1.00 bits per heavy atom. The SMILES string of the molecule is CCOc1ccc(C2=C(SCc3ccco3)C(=O)N(c3ccccc3Cl)C2=O)cc1. The van der Waals surface area contributed by atoms with Crippen LogP contribution < -0.4 is 9.64 Å². The molecule has 0 radical (unpaired) electrons. The molecule has 1 aromatic heterocycles. The standard InChI is InChI=1S/C23H18ClNO4S/c1-2-28-16-11-9-15(10-12-16)20-21(30-14-17-6-5-13-29-17)23(27)25(22(20)26)19-8-4-3-7-18(19)24/h3-13H,2,14H2,1H3. The number of nitrogens with zero attached hydrogens (tertiary/aromatic N) is 1. The second kappa shape index (κ2) is 8.81. The fourth-order valence-corrected chi connectivity index (χ4v) is 4.41. The number of hydrogen-bond acceptors (Lipinski definition) is 5. The molecule has 0 spiro atoms. The molecule has 7 heteroatoms. The van der Waals surface area contributed by atoms with E-state index in [1.54, 1.807) is 60.9 Å². The Labute approximate surface area is 183 Å². The number of carbonyl (C=O) groups excluding carboxylic acids is 2. The number of amides is 2. The molecule has 1 aliphatic heterocycles. The summed E-state index contributed by atoms with van der Waals surface area (Å²) in [6.45, 7) is 2.45. The van der Waals surface area contributed by atoms with Crippen molar-refractivity contribution < 1.29 is 18.7 Å². The Balaban J connectivity index is 1.74. The fraction of sp³-hybridized carbons (Fsp3) is 0.130. The van der Waals surface area contributed by atoms with Crippen molar-refractivity contribution in [3.05, 3.63) is 88.2 Å². The number of anilines is 1. The van der Waals surface area contributed by atoms with Crippen molar-refractivity contribution in [1.82, 2.24) is 0 Å². The highest BCUT2D eigenvalue weighted by molar-refractivity contribution is 8.03. The van der Waals surface area contributed by atoms with Crippen molar-refractivity contribution in [3.63, 3.8) is 0 Å². The van der Waals surface area contributed by atoms with Gasteiger partial charge in [0.25, 0.3) is 11.8 Å². The zero-order valence-electron chi connectivity index (χ0n) is 16.1. The second-order valence-electron chi connectivity index (χ2n) is 6.43. The summed E-state index contributed by atoms with van der Waals surface area (Å²) in [7, 11) is 0. The highest BCUT2D eigenvalue weighted by Crippen LogP contribution is 2.41. The third-order valence-corrected chi connectivity index (χ3v) is 5.94. The van der Waals surface area contributed by atoms with Gasteiger partial charge in [0, 0.05) is 0 Å². The first kappa shape index (κ1) is 20.3. The van der Waals surface area contributed by atoms with Crippen LogP contribution in [0.5, 0.6) is 5.75 Å². The van der Waals surface area contributed by atoms with Crippen LogP contribution in [0.1, 0.15) is 18.2 Å². The van der Waals surface area contributed by atoms with Crippen LogP contribution in [0.4, 0.5) is 5.69 Å². The largest absolute Gasteiger partial charge is 0.494 e. The Hall–Kier alpha value is -2.96. The number of thioether (sulfide) groups is 1. The number of benzene rings is 2. The third-order valence-electron chi connectivity index (χ3n) is 4.53. The van der Waals surface area contributed by atoms with Crippen LogP contribution in [0, 0.1) is 0 Å². The predicted molar refractivity (Wildman–Crippen MR) is 118 cm³/mol. The highest BCUT2D eigenvalue weighted by atomic mass is 35.5. The van der Waals surface area contributed by atoms with Crippen LogP contribution in [0.25, 0.3) is 5.57 Å². The molecular weight excluding hydrogens is 422 g/mol. The van der Waals surface area contributed by atoms with E-state index < -0.39 is 11.8 Å². The molecule has 30 heavy (non-hydrogen) atoms. The van der Waals surface area contributed by atoms with Crippen LogP contribution in [0.15, 0.2) is 76.2 Å². The molecule has 0 fully saturated rings. The van der Waals surface area contributed by atoms with E-state index in [1.807, 2.05) is 13.0 Å². The van der Waals surface area contributed by atoms with Crippen molar-refractivity contribution in [1.29, 1.82) is 0 Å². The smallest absolute Gasteiger partial charge is 0.272 e. The molecule has 1 aliphatic rings. The van der Waals surface area contributed by atoms with E-state index >= 15 is 0 Å². The first-order valence-corrected chi connectivity index (χ1v) is 10.7. The molecule has 3 aromatic rings. The van der Waals surface area contributed by atoms with Crippen LogP contribution >= 0.6 is 23.4 Å². The minimum atomic E-state index is -0.404. The van der Waals surface area contributed by atoms with Crippen LogP contribution in [0.2, 0.25) is 5.02 Å². The van der Waals surface area contributed by atoms with Crippen molar-refractivity contribution in [2.45, 2.75) is 12.7 Å². The minimum Gasteiger partial charge on any atom is -0.494 e. The summed E-state index contributed by atoms with van der Waals surface area (Å²) < 4.78 is 10.9. The zero-order valence-corrected chi connectivity index (χ0v) is 17.7. The Bertz CT molecular complexity index is 1110. The van der Waals surface area contributed by atoms with E-state index in [1.165, 1.54) is 11.8 Å². The molecule has 2 amide bonds. The van der Waals surface area contributed by atoms with E-state index in [2.05, 4.69) is 0 Å². The van der Waals surface area contributed by atoms with Crippen LogP contribution in [-0.2, 0) is 15.3 Å². The molecular formula is C23H18ClNO4S. The Morgan fingerprint density at radius 3 is 2.43 bits per heavy atom. The third kappa shape index (κ3) is 3.88. The zero-order chi connectivity index (χ0) is 21.1. The number of furan rings is 1. The van der Waals surface area contributed by atoms with Crippen molar-refractivity contribution in [2.75, 3.05) is 11.5 Å². The van der Waals surface area contributed by atoms with Gasteiger partial charge in [0.2, 0.25) is 0 Å². The number of ether oxygens (including phenoxy) is 1. The van der Waals surface area contributed by atoms with E-state index in [0.29, 0.717) is 44.9 Å². The summed E-state index contributed by atoms with van der Waals surface area (Å²) in [5.41, 5.74) is 1.36. The van der Waals surface area contributed by atoms with E-state index in [-0.39, 0.29) is 0 Å². The lowest BCUT2D eigenvalue weighted by atomic mass is 10.1. The summed E-state index contributed by atoms with van der Waals surface area (Å²) in [4.78, 5) is 28.2. The second-order valence-corrected chi connectivity index (χ2v) is 7.82. The normalized spacial score (nSPS) is 14.0. The lowest BCUT2D eigenvalue weighted by Gasteiger charge is -2.16. The molecule has 4 rings (SSSR count). The molecule has 0 saturated carbocycles. The summed E-state index contributed by atoms with van der Waals surface area (Å²) in [6.07, 6.45) is 1.58. The molecule has 2 aromatic carbocycles. The minimum absolute atomic E-state index is 0.336. The Morgan fingerprint density at radius 2 is 1.77 bits per heavy atom. The van der Waals surface area contributed by atoms with Gasteiger partial charge < -0.3 is 9.15 Å². The maximum absolute atomic E-state index is 13.4. The molecule has 0 N–H and O–H groups in total. The maximum atomic E-state index is 13.4. The number of halogens is 1. The predicted octanol–water partition coefficient (Wildman–Crippen LogP) is 5.55. The van der Waals surface area contributed by atoms with Gasteiger partial charge >= 0.3 is 0 Å². The van der Waals surface area contributed by atoms with Gasteiger partial charge in [-0.05, 0) is 48.9 Å². The average molecular weight is 440 g/mol. The van der Waals surface area contributed by atoms with Gasteiger partial charge in [-0.2, -0.15) is 0 Å². The first-order valence-electron chi connectivity index (χ1n) is 9.36. The van der Waals surface area contributed by atoms with Gasteiger partial charge in [-0.1, -0.05) is 35.9 Å². The number of hydrogen-bond donors (Lipinski definition) is 0. The van der Waals surface area contributed by atoms with Gasteiger partial charge in [-0.15, -0.1) is 11.8 Å². The summed E-state index contributed by atoms with van der Waals surface area (Å²) in [6, 6.07) is 17.6. The average Bonchev–Trinajstić information content (AvgIpc) is 3.34. The maximum Gasteiger partial charge on any atom is 0.272 e. The van der Waals surface area contributed by atoms with Gasteiger partial charge in [0.1, 0.15) is 11.5 Å². The number of imide groups is 1. The highest BCUT2D eigenvalue weighted by Gasteiger charge is 2.41. The van der Waals surface area contributed by atoms with Gasteiger partial charge in [0.15, 0.2) is 0 Å². The monoisotopic (exact) mass is 439 g/mol. The topological polar surface area (TPSA) is 59.8 Å².